The van der Waals surface area contributed by atoms with Gasteiger partial charge in [0.1, 0.15) is 22.9 Å². The molecule has 0 bridgehead atoms. The van der Waals surface area contributed by atoms with Crippen LogP contribution in [-0.4, -0.2) is 33.1 Å². The Hall–Kier alpha value is -4.26. The molecule has 0 saturated heterocycles. The Labute approximate surface area is 185 Å². The summed E-state index contributed by atoms with van der Waals surface area (Å²) < 4.78 is 15.9. The van der Waals surface area contributed by atoms with E-state index in [0.717, 1.165) is 4.90 Å². The monoisotopic (exact) mass is 430 g/mol. The van der Waals surface area contributed by atoms with Gasteiger partial charge in [-0.3, -0.25) is 9.59 Å². The molecule has 2 amide bonds. The zero-order valence-corrected chi connectivity index (χ0v) is 17.9. The number of carbonyl (C=O) groups is 2. The average Bonchev–Trinajstić information content (AvgIpc) is 3.08. The average molecular weight is 430 g/mol. The molecule has 4 rings (SSSR count). The number of amides is 2. The summed E-state index contributed by atoms with van der Waals surface area (Å²) in [4.78, 5) is 28.1. The lowest BCUT2D eigenvalue weighted by Gasteiger charge is -2.16. The normalized spacial score (nSPS) is 13.4. The molecule has 0 fully saturated rings. The minimum atomic E-state index is -0.469. The third-order valence-electron chi connectivity index (χ3n) is 5.08. The third-order valence-corrected chi connectivity index (χ3v) is 5.08. The Bertz CT molecular complexity index is 1180. The zero-order chi connectivity index (χ0) is 22.7. The molecule has 1 heterocycles. The second-order valence-electron chi connectivity index (χ2n) is 6.99. The summed E-state index contributed by atoms with van der Waals surface area (Å²) in [7, 11) is 4.62. The molecule has 0 radical (unpaired) electrons. The molecule has 0 saturated carbocycles. The van der Waals surface area contributed by atoms with E-state index in [9.17, 15) is 9.59 Å². The quantitative estimate of drug-likeness (QED) is 0.569. The molecule has 7 heteroatoms. The van der Waals surface area contributed by atoms with Crippen LogP contribution >= 0.6 is 0 Å². The van der Waals surface area contributed by atoms with E-state index in [1.165, 1.54) is 7.11 Å². The van der Waals surface area contributed by atoms with Crippen molar-refractivity contribution in [2.45, 2.75) is 0 Å². The van der Waals surface area contributed by atoms with Crippen molar-refractivity contribution in [3.05, 3.63) is 84.1 Å². The number of carbonyl (C=O) groups excluding carboxylic acids is 2. The molecular formula is C25H22N2O5. The summed E-state index contributed by atoms with van der Waals surface area (Å²) in [5.41, 5.74) is 2.05. The molecule has 32 heavy (non-hydrogen) atoms. The summed E-state index contributed by atoms with van der Waals surface area (Å²) >= 11 is 0. The van der Waals surface area contributed by atoms with E-state index >= 15 is 0 Å². The minimum Gasteiger partial charge on any atom is -0.497 e. The van der Waals surface area contributed by atoms with E-state index in [4.69, 9.17) is 14.2 Å². The highest BCUT2D eigenvalue weighted by molar-refractivity contribution is 6.46. The smallest absolute Gasteiger partial charge is 0.282 e. The Kier molecular flexibility index (Phi) is 5.81. The van der Waals surface area contributed by atoms with Crippen LogP contribution in [0.4, 0.5) is 11.4 Å². The van der Waals surface area contributed by atoms with Crippen molar-refractivity contribution in [1.29, 1.82) is 0 Å². The summed E-state index contributed by atoms with van der Waals surface area (Å²) in [6.07, 6.45) is 0. The Balaban J connectivity index is 1.82. The van der Waals surface area contributed by atoms with E-state index in [0.29, 0.717) is 34.2 Å². The molecule has 3 aromatic carbocycles. The SMILES string of the molecule is COc1cc(NC2=C(c3ccccc3)C(=O)N(c3cccc(OC)c3)C2=O)cc(OC)c1. The van der Waals surface area contributed by atoms with Crippen LogP contribution in [-0.2, 0) is 9.59 Å². The van der Waals surface area contributed by atoms with Gasteiger partial charge in [-0.2, -0.15) is 0 Å². The predicted octanol–water partition coefficient (Wildman–Crippen LogP) is 4.11. The third kappa shape index (κ3) is 3.88. The highest BCUT2D eigenvalue weighted by atomic mass is 16.5. The lowest BCUT2D eigenvalue weighted by molar-refractivity contribution is -0.120. The van der Waals surface area contributed by atoms with Crippen LogP contribution in [0.1, 0.15) is 5.56 Å². The van der Waals surface area contributed by atoms with Gasteiger partial charge in [0.2, 0.25) is 0 Å². The van der Waals surface area contributed by atoms with Gasteiger partial charge in [-0.05, 0) is 17.7 Å². The lowest BCUT2D eigenvalue weighted by atomic mass is 10.0. The van der Waals surface area contributed by atoms with Crippen molar-refractivity contribution in [1.82, 2.24) is 0 Å². The first kappa shape index (κ1) is 21.0. The number of methoxy groups -OCH3 is 3. The van der Waals surface area contributed by atoms with Crippen molar-refractivity contribution in [3.63, 3.8) is 0 Å². The lowest BCUT2D eigenvalue weighted by Crippen LogP contribution is -2.32. The molecule has 0 aliphatic carbocycles. The maximum atomic E-state index is 13.5. The molecule has 162 valence electrons. The predicted molar refractivity (Wildman–Crippen MR) is 122 cm³/mol. The van der Waals surface area contributed by atoms with Crippen molar-refractivity contribution in [2.75, 3.05) is 31.5 Å². The van der Waals surface area contributed by atoms with Crippen LogP contribution in [0.5, 0.6) is 17.2 Å². The molecule has 0 atom stereocenters. The van der Waals surface area contributed by atoms with E-state index in [1.54, 1.807) is 68.8 Å². The summed E-state index contributed by atoms with van der Waals surface area (Å²) in [5.74, 6) is 0.754. The molecule has 1 N–H and O–H groups in total. The first-order valence-corrected chi connectivity index (χ1v) is 9.88. The van der Waals surface area contributed by atoms with Crippen molar-refractivity contribution < 1.29 is 23.8 Å². The standard InChI is InChI=1S/C25H22N2O5/c1-30-19-11-7-10-18(14-19)27-24(28)22(16-8-5-4-6-9-16)23(25(27)29)26-17-12-20(31-2)15-21(13-17)32-3/h4-15,26H,1-3H3. The van der Waals surface area contributed by atoms with Crippen molar-refractivity contribution >= 4 is 28.8 Å². The topological polar surface area (TPSA) is 77.1 Å². The van der Waals surface area contributed by atoms with Crippen LogP contribution in [0.25, 0.3) is 5.57 Å². The van der Waals surface area contributed by atoms with Crippen LogP contribution in [0.3, 0.4) is 0 Å². The first-order valence-electron chi connectivity index (χ1n) is 9.88. The summed E-state index contributed by atoms with van der Waals surface area (Å²) in [5, 5.41) is 3.12. The molecule has 1 aliphatic heterocycles. The van der Waals surface area contributed by atoms with Crippen LogP contribution in [0.2, 0.25) is 0 Å². The van der Waals surface area contributed by atoms with E-state index < -0.39 is 11.8 Å². The molecule has 0 spiro atoms. The molecule has 3 aromatic rings. The molecule has 1 aliphatic rings. The van der Waals surface area contributed by atoms with Gasteiger partial charge >= 0.3 is 0 Å². The summed E-state index contributed by atoms with van der Waals surface area (Å²) in [6, 6.07) is 21.1. The number of hydrogen-bond donors (Lipinski definition) is 1. The maximum absolute atomic E-state index is 13.5. The fourth-order valence-electron chi connectivity index (χ4n) is 3.53. The number of hydrogen-bond acceptors (Lipinski definition) is 6. The van der Waals surface area contributed by atoms with Crippen LogP contribution in [0.15, 0.2) is 78.5 Å². The van der Waals surface area contributed by atoms with Gasteiger partial charge in [0.25, 0.3) is 11.8 Å². The van der Waals surface area contributed by atoms with E-state index in [-0.39, 0.29) is 11.3 Å². The maximum Gasteiger partial charge on any atom is 0.282 e. The number of nitrogens with zero attached hydrogens (tertiary/aromatic N) is 1. The largest absolute Gasteiger partial charge is 0.497 e. The summed E-state index contributed by atoms with van der Waals surface area (Å²) in [6.45, 7) is 0. The van der Waals surface area contributed by atoms with Gasteiger partial charge < -0.3 is 19.5 Å². The molecule has 0 unspecified atom stereocenters. The number of imide groups is 1. The Morgan fingerprint density at radius 2 is 1.34 bits per heavy atom. The zero-order valence-electron chi connectivity index (χ0n) is 17.9. The fourth-order valence-corrected chi connectivity index (χ4v) is 3.53. The second-order valence-corrected chi connectivity index (χ2v) is 6.99. The second kappa shape index (κ2) is 8.85. The molecular weight excluding hydrogens is 408 g/mol. The van der Waals surface area contributed by atoms with Gasteiger partial charge in [0.15, 0.2) is 0 Å². The Morgan fingerprint density at radius 1 is 0.688 bits per heavy atom. The van der Waals surface area contributed by atoms with Gasteiger partial charge in [-0.1, -0.05) is 36.4 Å². The van der Waals surface area contributed by atoms with Crippen molar-refractivity contribution in [2.24, 2.45) is 0 Å². The van der Waals surface area contributed by atoms with Crippen LogP contribution in [0, 0.1) is 0 Å². The van der Waals surface area contributed by atoms with E-state index in [2.05, 4.69) is 5.32 Å². The van der Waals surface area contributed by atoms with Crippen molar-refractivity contribution in [3.8, 4) is 17.2 Å². The molecule has 0 aromatic heterocycles. The van der Waals surface area contributed by atoms with E-state index in [1.807, 2.05) is 18.2 Å². The number of ether oxygens (including phenoxy) is 3. The van der Waals surface area contributed by atoms with Gasteiger partial charge in [-0.15, -0.1) is 0 Å². The number of nitrogens with one attached hydrogen (secondary N) is 1. The fraction of sp³-hybridized carbons (Fsp3) is 0.120. The van der Waals surface area contributed by atoms with Crippen LogP contribution < -0.4 is 24.4 Å². The van der Waals surface area contributed by atoms with Gasteiger partial charge in [0, 0.05) is 30.0 Å². The van der Waals surface area contributed by atoms with Gasteiger partial charge in [0.05, 0.1) is 32.6 Å². The number of rotatable bonds is 7. The number of benzene rings is 3. The number of anilines is 2. The highest BCUT2D eigenvalue weighted by Gasteiger charge is 2.40. The molecule has 7 nitrogen and oxygen atoms in total. The first-order chi connectivity index (χ1) is 15.5. The minimum absolute atomic E-state index is 0.166. The highest BCUT2D eigenvalue weighted by Crippen LogP contribution is 2.36. The Morgan fingerprint density at radius 3 is 1.97 bits per heavy atom. The van der Waals surface area contributed by atoms with Gasteiger partial charge in [-0.25, -0.2) is 4.90 Å².